The highest BCUT2D eigenvalue weighted by Crippen LogP contribution is 2.16. The van der Waals surface area contributed by atoms with E-state index >= 15 is 0 Å². The summed E-state index contributed by atoms with van der Waals surface area (Å²) in [7, 11) is -3.59. The van der Waals surface area contributed by atoms with Crippen molar-refractivity contribution >= 4 is 10.0 Å². The van der Waals surface area contributed by atoms with E-state index in [9.17, 15) is 8.42 Å². The Morgan fingerprint density at radius 2 is 2.00 bits per heavy atom. The summed E-state index contributed by atoms with van der Waals surface area (Å²) in [5.74, 6) is 0. The minimum Gasteiger partial charge on any atom is -0.211 e. The molecule has 1 aromatic carbocycles. The predicted octanol–water partition coefficient (Wildman–Crippen LogP) is 1.84. The molecule has 19 heavy (non-hydrogen) atoms. The minimum atomic E-state index is -3.59. The molecular weight excluding hydrogens is 262 g/mol. The lowest BCUT2D eigenvalue weighted by Crippen LogP contribution is -2.25. The van der Waals surface area contributed by atoms with Crippen molar-refractivity contribution in [2.75, 3.05) is 6.54 Å². The summed E-state index contributed by atoms with van der Waals surface area (Å²) in [6.45, 7) is 1.98. The molecule has 0 aliphatic carbocycles. The van der Waals surface area contributed by atoms with Crippen LogP contribution in [0.3, 0.4) is 0 Å². The first-order valence-corrected chi connectivity index (χ1v) is 7.37. The van der Waals surface area contributed by atoms with Gasteiger partial charge >= 0.3 is 0 Å². The first kappa shape index (κ1) is 15.2. The van der Waals surface area contributed by atoms with Gasteiger partial charge in [-0.2, -0.15) is 10.5 Å². The SMILES string of the molecule is Cc1ccc(C#N)cc1S(=O)(=O)NCCCCC#N. The van der Waals surface area contributed by atoms with Crippen LogP contribution in [0.5, 0.6) is 0 Å². The zero-order valence-electron chi connectivity index (χ0n) is 10.7. The van der Waals surface area contributed by atoms with Gasteiger partial charge in [-0.3, -0.25) is 0 Å². The van der Waals surface area contributed by atoms with Crippen LogP contribution in [0.1, 0.15) is 30.4 Å². The molecule has 1 aromatic rings. The highest BCUT2D eigenvalue weighted by atomic mass is 32.2. The summed E-state index contributed by atoms with van der Waals surface area (Å²) < 4.78 is 26.6. The average Bonchev–Trinajstić information content (AvgIpc) is 2.39. The van der Waals surface area contributed by atoms with Gasteiger partial charge in [-0.25, -0.2) is 13.1 Å². The summed E-state index contributed by atoms with van der Waals surface area (Å²) in [4.78, 5) is 0.131. The van der Waals surface area contributed by atoms with Crippen molar-refractivity contribution in [3.63, 3.8) is 0 Å². The molecule has 0 amide bonds. The molecule has 0 atom stereocenters. The van der Waals surface area contributed by atoms with Gasteiger partial charge in [0.25, 0.3) is 0 Å². The van der Waals surface area contributed by atoms with E-state index in [4.69, 9.17) is 10.5 Å². The Kier molecular flexibility index (Phi) is 5.50. The number of nitrogens with zero attached hydrogens (tertiary/aromatic N) is 2. The fraction of sp³-hybridized carbons (Fsp3) is 0.385. The smallest absolute Gasteiger partial charge is 0.211 e. The van der Waals surface area contributed by atoms with Crippen molar-refractivity contribution in [3.05, 3.63) is 29.3 Å². The largest absolute Gasteiger partial charge is 0.240 e. The van der Waals surface area contributed by atoms with E-state index in [1.807, 2.05) is 12.1 Å². The number of nitriles is 2. The molecule has 0 aliphatic heterocycles. The Morgan fingerprint density at radius 3 is 2.63 bits per heavy atom. The van der Waals surface area contributed by atoms with Crippen LogP contribution in [0.2, 0.25) is 0 Å². The van der Waals surface area contributed by atoms with Crippen molar-refractivity contribution in [2.24, 2.45) is 0 Å². The Balaban J connectivity index is 2.78. The number of sulfonamides is 1. The van der Waals surface area contributed by atoms with Crippen LogP contribution in [0, 0.1) is 29.6 Å². The molecule has 0 radical (unpaired) electrons. The standard InChI is InChI=1S/C13H15N3O2S/c1-11-5-6-12(10-15)9-13(11)19(17,18)16-8-4-2-3-7-14/h5-6,9,16H,2-4,8H2,1H3. The maximum absolute atomic E-state index is 12.1. The number of hydrogen-bond donors (Lipinski definition) is 1. The second-order valence-corrected chi connectivity index (χ2v) is 5.84. The molecule has 0 bridgehead atoms. The van der Waals surface area contributed by atoms with E-state index in [2.05, 4.69) is 4.72 Å². The van der Waals surface area contributed by atoms with Crippen LogP contribution in [0.15, 0.2) is 23.1 Å². The first-order valence-electron chi connectivity index (χ1n) is 5.88. The van der Waals surface area contributed by atoms with Crippen LogP contribution in [-0.4, -0.2) is 15.0 Å². The van der Waals surface area contributed by atoms with E-state index in [0.29, 0.717) is 36.9 Å². The van der Waals surface area contributed by atoms with Crippen LogP contribution in [0.25, 0.3) is 0 Å². The summed E-state index contributed by atoms with van der Waals surface area (Å²) in [5.41, 5.74) is 0.916. The third-order valence-electron chi connectivity index (χ3n) is 2.61. The van der Waals surface area contributed by atoms with Crippen LogP contribution in [-0.2, 0) is 10.0 Å². The Hall–Kier alpha value is -1.89. The summed E-state index contributed by atoms with van der Waals surface area (Å²) in [6.07, 6.45) is 1.70. The molecule has 1 rings (SSSR count). The van der Waals surface area contributed by atoms with E-state index in [0.717, 1.165) is 0 Å². The molecule has 0 unspecified atom stereocenters. The third-order valence-corrected chi connectivity index (χ3v) is 4.22. The molecule has 0 saturated heterocycles. The van der Waals surface area contributed by atoms with Crippen molar-refractivity contribution in [2.45, 2.75) is 31.1 Å². The van der Waals surface area contributed by atoms with Gasteiger partial charge in [0, 0.05) is 13.0 Å². The van der Waals surface area contributed by atoms with Gasteiger partial charge < -0.3 is 0 Å². The lowest BCUT2D eigenvalue weighted by molar-refractivity contribution is 0.576. The van der Waals surface area contributed by atoms with Crippen molar-refractivity contribution in [1.29, 1.82) is 10.5 Å². The zero-order chi connectivity index (χ0) is 14.3. The van der Waals surface area contributed by atoms with E-state index in [1.54, 1.807) is 19.1 Å². The highest BCUT2D eigenvalue weighted by molar-refractivity contribution is 7.89. The second-order valence-electron chi connectivity index (χ2n) is 4.11. The number of unbranched alkanes of at least 4 members (excludes halogenated alkanes) is 2. The number of rotatable bonds is 6. The number of nitrogens with one attached hydrogen (secondary N) is 1. The van der Waals surface area contributed by atoms with E-state index < -0.39 is 10.0 Å². The van der Waals surface area contributed by atoms with Crippen LogP contribution < -0.4 is 4.72 Å². The molecule has 0 aromatic heterocycles. The average molecular weight is 277 g/mol. The number of aryl methyl sites for hydroxylation is 1. The molecule has 0 heterocycles. The molecule has 0 aliphatic rings. The molecule has 5 nitrogen and oxygen atoms in total. The monoisotopic (exact) mass is 277 g/mol. The molecule has 0 saturated carbocycles. The second kappa shape index (κ2) is 6.89. The van der Waals surface area contributed by atoms with Gasteiger partial charge in [-0.05, 0) is 37.5 Å². The maximum Gasteiger partial charge on any atom is 0.240 e. The lowest BCUT2D eigenvalue weighted by Gasteiger charge is -2.09. The maximum atomic E-state index is 12.1. The molecule has 100 valence electrons. The van der Waals surface area contributed by atoms with E-state index in [-0.39, 0.29) is 4.90 Å². The Bertz CT molecular complexity index is 624. The first-order chi connectivity index (χ1) is 9.01. The van der Waals surface area contributed by atoms with Crippen molar-refractivity contribution < 1.29 is 8.42 Å². The summed E-state index contributed by atoms with van der Waals surface area (Å²) >= 11 is 0. The number of hydrogen-bond acceptors (Lipinski definition) is 4. The van der Waals surface area contributed by atoms with Gasteiger partial charge in [0.05, 0.1) is 22.6 Å². The van der Waals surface area contributed by atoms with Gasteiger partial charge in [0.1, 0.15) is 0 Å². The number of benzene rings is 1. The Morgan fingerprint density at radius 1 is 1.26 bits per heavy atom. The van der Waals surface area contributed by atoms with Crippen molar-refractivity contribution in [3.8, 4) is 12.1 Å². The lowest BCUT2D eigenvalue weighted by atomic mass is 10.2. The molecule has 6 heteroatoms. The molecule has 1 N–H and O–H groups in total. The van der Waals surface area contributed by atoms with E-state index in [1.165, 1.54) is 6.07 Å². The zero-order valence-corrected chi connectivity index (χ0v) is 11.5. The van der Waals surface area contributed by atoms with Crippen LogP contribution >= 0.6 is 0 Å². The van der Waals surface area contributed by atoms with Gasteiger partial charge in [-0.1, -0.05) is 6.07 Å². The summed E-state index contributed by atoms with van der Waals surface area (Å²) in [6, 6.07) is 8.50. The van der Waals surface area contributed by atoms with Gasteiger partial charge in [0.15, 0.2) is 0 Å². The molecule has 0 fully saturated rings. The molecular formula is C13H15N3O2S. The third kappa shape index (κ3) is 4.36. The minimum absolute atomic E-state index is 0.131. The normalized spacial score (nSPS) is 10.7. The Labute approximate surface area is 113 Å². The highest BCUT2D eigenvalue weighted by Gasteiger charge is 2.16. The molecule has 0 spiro atoms. The fourth-order valence-electron chi connectivity index (χ4n) is 1.57. The van der Waals surface area contributed by atoms with Crippen LogP contribution in [0.4, 0.5) is 0 Å². The van der Waals surface area contributed by atoms with Crippen molar-refractivity contribution in [1.82, 2.24) is 4.72 Å². The summed E-state index contributed by atoms with van der Waals surface area (Å²) in [5, 5.41) is 17.2. The van der Waals surface area contributed by atoms with Gasteiger partial charge in [-0.15, -0.1) is 0 Å². The quantitative estimate of drug-likeness (QED) is 0.803. The topological polar surface area (TPSA) is 93.8 Å². The fourth-order valence-corrected chi connectivity index (χ4v) is 2.92. The predicted molar refractivity (Wildman–Crippen MR) is 70.5 cm³/mol. The van der Waals surface area contributed by atoms with Gasteiger partial charge in [0.2, 0.25) is 10.0 Å².